The highest BCUT2D eigenvalue weighted by Crippen LogP contribution is 2.36. The number of rotatable bonds is 17. The van der Waals surface area contributed by atoms with Crippen LogP contribution in [0.25, 0.3) is 0 Å². The third-order valence-electron chi connectivity index (χ3n) is 6.94. The summed E-state index contributed by atoms with van der Waals surface area (Å²) >= 11 is 12.7. The van der Waals surface area contributed by atoms with Crippen LogP contribution in [0.4, 0.5) is 0 Å². The van der Waals surface area contributed by atoms with Crippen LogP contribution in [-0.2, 0) is 28.5 Å². The van der Waals surface area contributed by atoms with Gasteiger partial charge < -0.3 is 28.4 Å². The number of hydrogen-bond donors (Lipinski definition) is 0. The standard InChI is InChI=1S/C37H34I6O10/c1-18(2)25-8-7-9-30(48-14-23(16-50-34(44)19(3)4)52-36(46)26-10-21(38)12-28(40)31(26)42)33(25)49-15-24(17-51-35(45)20(5)6)53-37(47)27-11-22(39)13-29(41)32(27)43/h7-13,18,23-24H,3,5,14-17H2,1-2,4,6H3. The lowest BCUT2D eigenvalue weighted by atomic mass is 10.0. The van der Waals surface area contributed by atoms with Crippen molar-refractivity contribution in [3.05, 3.63) is 105 Å². The van der Waals surface area contributed by atoms with Gasteiger partial charge in [0.2, 0.25) is 0 Å². The van der Waals surface area contributed by atoms with Crippen LogP contribution >= 0.6 is 136 Å². The minimum atomic E-state index is -1.01. The van der Waals surface area contributed by atoms with Gasteiger partial charge in [-0.1, -0.05) is 39.1 Å². The monoisotopic (exact) mass is 1400 g/mol. The highest BCUT2D eigenvalue weighted by Gasteiger charge is 2.26. The molecule has 0 aromatic heterocycles. The lowest BCUT2D eigenvalue weighted by Crippen LogP contribution is -2.32. The highest BCUT2D eigenvalue weighted by atomic mass is 127. The normalized spacial score (nSPS) is 12.0. The highest BCUT2D eigenvalue weighted by molar-refractivity contribution is 14.1. The van der Waals surface area contributed by atoms with E-state index in [-0.39, 0.29) is 43.5 Å². The number of hydrogen-bond acceptors (Lipinski definition) is 10. The van der Waals surface area contributed by atoms with Crippen LogP contribution in [0.2, 0.25) is 0 Å². The second-order valence-corrected chi connectivity index (χ2v) is 18.7. The van der Waals surface area contributed by atoms with Gasteiger partial charge in [0.05, 0.1) is 11.1 Å². The second-order valence-electron chi connectivity index (χ2n) is 11.8. The summed E-state index contributed by atoms with van der Waals surface area (Å²) in [6.07, 6.45) is -2.03. The first-order valence-electron chi connectivity index (χ1n) is 15.6. The summed E-state index contributed by atoms with van der Waals surface area (Å²) in [5.41, 5.74) is 1.89. The molecular formula is C37H34I6O10. The summed E-state index contributed by atoms with van der Waals surface area (Å²) in [5.74, 6) is -1.88. The summed E-state index contributed by atoms with van der Waals surface area (Å²) in [7, 11) is 0. The fourth-order valence-corrected chi connectivity index (χ4v) is 9.02. The number of carbonyl (C=O) groups is 4. The molecule has 0 saturated heterocycles. The van der Waals surface area contributed by atoms with Crippen LogP contribution in [-0.4, -0.2) is 62.5 Å². The second kappa shape index (κ2) is 22.1. The largest absolute Gasteiger partial charge is 0.486 e. The van der Waals surface area contributed by atoms with Gasteiger partial charge >= 0.3 is 23.9 Å². The van der Waals surface area contributed by atoms with E-state index in [1.54, 1.807) is 24.3 Å². The van der Waals surface area contributed by atoms with Crippen molar-refractivity contribution in [2.24, 2.45) is 0 Å². The molecule has 16 heteroatoms. The molecule has 3 aromatic rings. The lowest BCUT2D eigenvalue weighted by Gasteiger charge is -2.24. The Balaban J connectivity index is 1.90. The Bertz CT molecular complexity index is 1890. The summed E-state index contributed by atoms with van der Waals surface area (Å²) in [4.78, 5) is 51.5. The molecular weight excluding hydrogens is 1370 g/mol. The van der Waals surface area contributed by atoms with E-state index in [0.717, 1.165) is 27.0 Å². The number of carbonyl (C=O) groups excluding carboxylic acids is 4. The van der Waals surface area contributed by atoms with E-state index in [2.05, 4.69) is 149 Å². The Morgan fingerprint density at radius 1 is 0.642 bits per heavy atom. The van der Waals surface area contributed by atoms with Gasteiger partial charge in [-0.25, -0.2) is 19.2 Å². The Morgan fingerprint density at radius 2 is 1.08 bits per heavy atom. The van der Waals surface area contributed by atoms with Gasteiger partial charge in [-0.2, -0.15) is 0 Å². The molecule has 10 nitrogen and oxygen atoms in total. The van der Waals surface area contributed by atoms with Crippen molar-refractivity contribution in [3.63, 3.8) is 0 Å². The Kier molecular flexibility index (Phi) is 19.3. The Morgan fingerprint density at radius 3 is 1.49 bits per heavy atom. The van der Waals surface area contributed by atoms with Gasteiger partial charge in [-0.3, -0.25) is 0 Å². The van der Waals surface area contributed by atoms with Crippen LogP contribution in [0.5, 0.6) is 11.5 Å². The van der Waals surface area contributed by atoms with Crippen LogP contribution in [0.15, 0.2) is 66.8 Å². The van der Waals surface area contributed by atoms with Crippen LogP contribution in [0, 0.1) is 21.4 Å². The fourth-order valence-electron chi connectivity index (χ4n) is 4.27. The molecule has 53 heavy (non-hydrogen) atoms. The first kappa shape index (κ1) is 46.4. The molecule has 3 rings (SSSR count). The molecule has 0 aliphatic rings. The van der Waals surface area contributed by atoms with Crippen LogP contribution < -0.4 is 9.47 Å². The van der Waals surface area contributed by atoms with E-state index in [0.29, 0.717) is 22.6 Å². The van der Waals surface area contributed by atoms with Crippen molar-refractivity contribution in [2.75, 3.05) is 26.4 Å². The molecule has 0 spiro atoms. The van der Waals surface area contributed by atoms with E-state index < -0.39 is 36.1 Å². The van der Waals surface area contributed by atoms with Gasteiger partial charge in [0, 0.05) is 38.1 Å². The van der Waals surface area contributed by atoms with Crippen molar-refractivity contribution >= 4 is 159 Å². The van der Waals surface area contributed by atoms with Crippen LogP contribution in [0.3, 0.4) is 0 Å². The summed E-state index contributed by atoms with van der Waals surface area (Å²) in [5, 5.41) is 0. The zero-order valence-electron chi connectivity index (χ0n) is 28.9. The Labute approximate surface area is 390 Å². The van der Waals surface area contributed by atoms with E-state index >= 15 is 0 Å². The molecule has 0 heterocycles. The number of benzene rings is 3. The molecule has 0 aliphatic heterocycles. The molecule has 0 N–H and O–H groups in total. The fraction of sp³-hybridized carbons (Fsp3) is 0.297. The predicted octanol–water partition coefficient (Wildman–Crippen LogP) is 9.88. The number of para-hydroxylation sites is 1. The summed E-state index contributed by atoms with van der Waals surface area (Å²) < 4.78 is 39.9. The third kappa shape index (κ3) is 14.2. The molecule has 3 aromatic carbocycles. The summed E-state index contributed by atoms with van der Waals surface area (Å²) in [6.45, 7) is 13.2. The first-order valence-corrected chi connectivity index (χ1v) is 22.1. The van der Waals surface area contributed by atoms with Crippen molar-refractivity contribution in [1.29, 1.82) is 0 Å². The lowest BCUT2D eigenvalue weighted by molar-refractivity contribution is -0.143. The SMILES string of the molecule is C=C(C)C(=O)OCC(COc1cccc(C(C)C)c1OCC(COC(=O)C(=C)C)OC(=O)c1cc(I)cc(I)c1I)OC(=O)c1cc(I)cc(I)c1I. The van der Waals surface area contributed by atoms with Gasteiger partial charge in [-0.15, -0.1) is 0 Å². The molecule has 0 aliphatic carbocycles. The predicted molar refractivity (Wildman–Crippen MR) is 251 cm³/mol. The van der Waals surface area contributed by atoms with Gasteiger partial charge in [-0.05, 0) is 186 Å². The zero-order valence-corrected chi connectivity index (χ0v) is 41.8. The maximum Gasteiger partial charge on any atom is 0.339 e. The van der Waals surface area contributed by atoms with Gasteiger partial charge in [0.25, 0.3) is 0 Å². The Hall–Kier alpha value is -1.000. The quantitative estimate of drug-likeness (QED) is 0.0425. The molecule has 0 amide bonds. The molecule has 0 radical (unpaired) electrons. The average molecular weight is 1400 g/mol. The van der Waals surface area contributed by atoms with Crippen molar-refractivity contribution in [2.45, 2.75) is 45.8 Å². The van der Waals surface area contributed by atoms with Crippen molar-refractivity contribution in [1.82, 2.24) is 0 Å². The van der Waals surface area contributed by atoms with E-state index in [1.165, 1.54) is 13.8 Å². The third-order valence-corrected chi connectivity index (χ3v) is 14.3. The van der Waals surface area contributed by atoms with E-state index in [4.69, 9.17) is 28.4 Å². The van der Waals surface area contributed by atoms with Crippen molar-refractivity contribution < 1.29 is 47.6 Å². The zero-order chi connectivity index (χ0) is 39.6. The van der Waals surface area contributed by atoms with Crippen LogP contribution in [0.1, 0.15) is 59.9 Å². The van der Waals surface area contributed by atoms with Crippen molar-refractivity contribution in [3.8, 4) is 11.5 Å². The maximum atomic E-state index is 13.4. The van der Waals surface area contributed by atoms with Gasteiger partial charge in [0.1, 0.15) is 26.4 Å². The minimum absolute atomic E-state index is 0.0268. The molecule has 2 unspecified atom stereocenters. The number of esters is 4. The molecule has 284 valence electrons. The number of halogens is 6. The average Bonchev–Trinajstić information content (AvgIpc) is 3.09. The van der Waals surface area contributed by atoms with E-state index in [9.17, 15) is 19.2 Å². The molecule has 0 fully saturated rings. The molecule has 0 bridgehead atoms. The smallest absolute Gasteiger partial charge is 0.339 e. The number of ether oxygens (including phenoxy) is 6. The van der Waals surface area contributed by atoms with E-state index in [1.807, 2.05) is 32.0 Å². The van der Waals surface area contributed by atoms with Gasteiger partial charge in [0.15, 0.2) is 23.7 Å². The topological polar surface area (TPSA) is 124 Å². The molecule has 2 atom stereocenters. The summed E-state index contributed by atoms with van der Waals surface area (Å²) in [6, 6.07) is 12.7. The molecule has 0 saturated carbocycles. The minimum Gasteiger partial charge on any atom is -0.486 e. The first-order chi connectivity index (χ1) is 24.9. The maximum absolute atomic E-state index is 13.4.